The van der Waals surface area contributed by atoms with Gasteiger partial charge in [-0.15, -0.1) is 0 Å². The van der Waals surface area contributed by atoms with E-state index in [4.69, 9.17) is 4.52 Å². The van der Waals surface area contributed by atoms with Crippen LogP contribution < -0.4 is 4.90 Å². The van der Waals surface area contributed by atoms with Gasteiger partial charge in [-0.1, -0.05) is 12.1 Å². The third-order valence-corrected chi connectivity index (χ3v) is 4.22. The van der Waals surface area contributed by atoms with Gasteiger partial charge in [0.25, 0.3) is 0 Å². The molecule has 6 heteroatoms. The van der Waals surface area contributed by atoms with Crippen molar-refractivity contribution in [2.75, 3.05) is 24.5 Å². The van der Waals surface area contributed by atoms with Crippen molar-refractivity contribution in [2.45, 2.75) is 40.7 Å². The Kier molecular flexibility index (Phi) is 6.56. The summed E-state index contributed by atoms with van der Waals surface area (Å²) in [5, 5.41) is 4.23. The smallest absolute Gasteiger partial charge is 0.232 e. The van der Waals surface area contributed by atoms with Gasteiger partial charge >= 0.3 is 0 Å². The Morgan fingerprint density at radius 3 is 2.32 bits per heavy atom. The Bertz CT molecular complexity index is 693. The first-order chi connectivity index (χ1) is 12.0. The number of anilines is 1. The number of rotatable bonds is 8. The van der Waals surface area contributed by atoms with Gasteiger partial charge in [-0.2, -0.15) is 0 Å². The summed E-state index contributed by atoms with van der Waals surface area (Å²) in [5.41, 5.74) is 2.29. The molecular weight excluding hydrogens is 321 g/mol. The number of aromatic nitrogens is 1. The maximum absolute atomic E-state index is 13.3. The van der Waals surface area contributed by atoms with E-state index in [2.05, 4.69) is 10.1 Å². The van der Waals surface area contributed by atoms with Crippen LogP contribution in [-0.4, -0.2) is 35.6 Å². The van der Waals surface area contributed by atoms with E-state index in [1.807, 2.05) is 20.8 Å². The Balaban J connectivity index is 2.49. The highest BCUT2D eigenvalue weighted by molar-refractivity contribution is 5.75. The molecule has 136 valence electrons. The summed E-state index contributed by atoms with van der Waals surface area (Å²) in [6, 6.07) is 6.17. The highest BCUT2D eigenvalue weighted by atomic mass is 19.1. The largest absolute Gasteiger partial charge is 0.341 e. The summed E-state index contributed by atoms with van der Waals surface area (Å²) in [6.07, 6.45) is 0.872. The van der Waals surface area contributed by atoms with Crippen LogP contribution in [0.15, 0.2) is 28.8 Å². The SMILES string of the molecule is CCCN(Cc1c(-c2ccc(F)cc2)noc1N(CC)CC)C(C)=O. The van der Waals surface area contributed by atoms with Crippen LogP contribution in [0.4, 0.5) is 10.3 Å². The molecule has 0 aliphatic rings. The zero-order chi connectivity index (χ0) is 18.4. The number of hydrogen-bond acceptors (Lipinski definition) is 4. The lowest BCUT2D eigenvalue weighted by atomic mass is 10.1. The van der Waals surface area contributed by atoms with Crippen molar-refractivity contribution in [1.29, 1.82) is 0 Å². The molecule has 1 aromatic carbocycles. The van der Waals surface area contributed by atoms with E-state index in [1.54, 1.807) is 24.0 Å². The summed E-state index contributed by atoms with van der Waals surface area (Å²) in [7, 11) is 0. The van der Waals surface area contributed by atoms with E-state index in [0.717, 1.165) is 30.6 Å². The molecule has 1 heterocycles. The minimum absolute atomic E-state index is 0.0126. The average Bonchev–Trinajstić information content (AvgIpc) is 3.00. The number of carbonyl (C=O) groups is 1. The summed E-state index contributed by atoms with van der Waals surface area (Å²) < 4.78 is 18.9. The lowest BCUT2D eigenvalue weighted by Gasteiger charge is -2.23. The first kappa shape index (κ1) is 19.0. The van der Waals surface area contributed by atoms with Gasteiger partial charge in [-0.05, 0) is 44.5 Å². The van der Waals surface area contributed by atoms with Crippen molar-refractivity contribution >= 4 is 11.8 Å². The van der Waals surface area contributed by atoms with Crippen LogP contribution in [0.1, 0.15) is 39.7 Å². The molecule has 0 fully saturated rings. The van der Waals surface area contributed by atoms with Gasteiger partial charge in [0.05, 0.1) is 12.1 Å². The monoisotopic (exact) mass is 347 g/mol. The quantitative estimate of drug-likeness (QED) is 0.722. The molecule has 0 saturated carbocycles. The Morgan fingerprint density at radius 2 is 1.80 bits per heavy atom. The number of benzene rings is 1. The summed E-state index contributed by atoms with van der Waals surface area (Å²) >= 11 is 0. The summed E-state index contributed by atoms with van der Waals surface area (Å²) in [5.74, 6) is 0.388. The fourth-order valence-corrected chi connectivity index (χ4v) is 2.85. The van der Waals surface area contributed by atoms with Crippen LogP contribution in [-0.2, 0) is 11.3 Å². The molecule has 0 unspecified atom stereocenters. The van der Waals surface area contributed by atoms with Crippen LogP contribution >= 0.6 is 0 Å². The second-order valence-corrected chi connectivity index (χ2v) is 5.93. The van der Waals surface area contributed by atoms with Gasteiger partial charge in [0.1, 0.15) is 11.5 Å². The fourth-order valence-electron chi connectivity index (χ4n) is 2.85. The van der Waals surface area contributed by atoms with Crippen molar-refractivity contribution in [3.05, 3.63) is 35.6 Å². The van der Waals surface area contributed by atoms with Crippen LogP contribution in [0.3, 0.4) is 0 Å². The fraction of sp³-hybridized carbons (Fsp3) is 0.474. The minimum Gasteiger partial charge on any atom is -0.341 e. The van der Waals surface area contributed by atoms with E-state index in [9.17, 15) is 9.18 Å². The van der Waals surface area contributed by atoms with Gasteiger partial charge < -0.3 is 14.3 Å². The van der Waals surface area contributed by atoms with Gasteiger partial charge in [0.2, 0.25) is 11.8 Å². The van der Waals surface area contributed by atoms with Gasteiger partial charge in [0.15, 0.2) is 0 Å². The van der Waals surface area contributed by atoms with Gasteiger partial charge in [-0.3, -0.25) is 4.79 Å². The third kappa shape index (κ3) is 4.38. The van der Waals surface area contributed by atoms with E-state index >= 15 is 0 Å². The Morgan fingerprint density at radius 1 is 1.16 bits per heavy atom. The van der Waals surface area contributed by atoms with E-state index in [1.165, 1.54) is 12.1 Å². The number of halogens is 1. The van der Waals surface area contributed by atoms with Crippen molar-refractivity contribution < 1.29 is 13.7 Å². The lowest BCUT2D eigenvalue weighted by Crippen LogP contribution is -2.30. The molecule has 2 rings (SSSR count). The second kappa shape index (κ2) is 8.65. The molecule has 0 saturated heterocycles. The average molecular weight is 347 g/mol. The molecule has 0 radical (unpaired) electrons. The Hall–Kier alpha value is -2.37. The normalized spacial score (nSPS) is 10.8. The summed E-state index contributed by atoms with van der Waals surface area (Å²) in [6.45, 7) is 10.3. The van der Waals surface area contributed by atoms with Crippen molar-refractivity contribution in [1.82, 2.24) is 10.1 Å². The van der Waals surface area contributed by atoms with Crippen LogP contribution in [0.2, 0.25) is 0 Å². The third-order valence-electron chi connectivity index (χ3n) is 4.22. The van der Waals surface area contributed by atoms with Crippen molar-refractivity contribution in [3.8, 4) is 11.3 Å². The first-order valence-electron chi connectivity index (χ1n) is 8.76. The highest BCUT2D eigenvalue weighted by Gasteiger charge is 2.24. The minimum atomic E-state index is -0.297. The summed E-state index contributed by atoms with van der Waals surface area (Å²) in [4.78, 5) is 15.8. The predicted octanol–water partition coefficient (Wildman–Crippen LogP) is 4.09. The number of hydrogen-bond donors (Lipinski definition) is 0. The van der Waals surface area contributed by atoms with Crippen LogP contribution in [0.25, 0.3) is 11.3 Å². The standard InChI is InChI=1S/C19H26FN3O2/c1-5-12-23(14(4)24)13-17-18(15-8-10-16(20)11-9-15)21-25-19(17)22(6-2)7-3/h8-11H,5-7,12-13H2,1-4H3. The molecule has 0 bridgehead atoms. The molecule has 5 nitrogen and oxygen atoms in total. The maximum Gasteiger partial charge on any atom is 0.232 e. The van der Waals surface area contributed by atoms with E-state index < -0.39 is 0 Å². The van der Waals surface area contributed by atoms with Gasteiger partial charge in [0, 0.05) is 32.1 Å². The van der Waals surface area contributed by atoms with Crippen LogP contribution in [0, 0.1) is 5.82 Å². The molecule has 1 amide bonds. The van der Waals surface area contributed by atoms with Crippen LogP contribution in [0.5, 0.6) is 0 Å². The number of nitrogens with zero attached hydrogens (tertiary/aromatic N) is 3. The van der Waals surface area contributed by atoms with E-state index in [-0.39, 0.29) is 11.7 Å². The van der Waals surface area contributed by atoms with Crippen molar-refractivity contribution in [2.24, 2.45) is 0 Å². The lowest BCUT2D eigenvalue weighted by molar-refractivity contribution is -0.129. The molecule has 0 aliphatic heterocycles. The predicted molar refractivity (Wildman–Crippen MR) is 96.8 cm³/mol. The first-order valence-corrected chi connectivity index (χ1v) is 8.76. The molecule has 25 heavy (non-hydrogen) atoms. The van der Waals surface area contributed by atoms with Crippen molar-refractivity contribution in [3.63, 3.8) is 0 Å². The zero-order valence-corrected chi connectivity index (χ0v) is 15.4. The molecule has 0 N–H and O–H groups in total. The number of amides is 1. The van der Waals surface area contributed by atoms with Gasteiger partial charge in [-0.25, -0.2) is 4.39 Å². The molecular formula is C19H26FN3O2. The maximum atomic E-state index is 13.3. The zero-order valence-electron chi connectivity index (χ0n) is 15.4. The molecule has 1 aromatic heterocycles. The molecule has 0 aliphatic carbocycles. The molecule has 2 aromatic rings. The Labute approximate surface area is 148 Å². The van der Waals surface area contributed by atoms with E-state index in [0.29, 0.717) is 24.7 Å². The molecule has 0 atom stereocenters. The second-order valence-electron chi connectivity index (χ2n) is 5.93. The molecule has 0 spiro atoms. The number of carbonyl (C=O) groups excluding carboxylic acids is 1. The highest BCUT2D eigenvalue weighted by Crippen LogP contribution is 2.32. The topological polar surface area (TPSA) is 49.6 Å².